The quantitative estimate of drug-likeness (QED) is 0.217. The van der Waals surface area contributed by atoms with Gasteiger partial charge in [-0.1, -0.05) is 72.8 Å². The summed E-state index contributed by atoms with van der Waals surface area (Å²) in [5, 5.41) is 1.02. The molecule has 0 N–H and O–H groups in total. The van der Waals surface area contributed by atoms with E-state index in [9.17, 15) is 0 Å². The number of para-hydroxylation sites is 2. The van der Waals surface area contributed by atoms with Gasteiger partial charge >= 0.3 is 0 Å². The van der Waals surface area contributed by atoms with Crippen LogP contribution in [0.2, 0.25) is 0 Å². The van der Waals surface area contributed by atoms with Crippen LogP contribution in [0, 0.1) is 6.92 Å². The van der Waals surface area contributed by atoms with Crippen LogP contribution in [0.15, 0.2) is 150 Å². The van der Waals surface area contributed by atoms with Crippen molar-refractivity contribution < 1.29 is 4.42 Å². The Labute approximate surface area is 243 Å². The molecule has 0 spiro atoms. The maximum Gasteiger partial charge on any atom is 0.149 e. The molecule has 0 aliphatic heterocycles. The van der Waals surface area contributed by atoms with E-state index in [0.717, 1.165) is 67.0 Å². The van der Waals surface area contributed by atoms with Crippen LogP contribution in [0.25, 0.3) is 67.0 Å². The van der Waals surface area contributed by atoms with Crippen molar-refractivity contribution in [2.45, 2.75) is 6.92 Å². The predicted molar refractivity (Wildman–Crippen MR) is 171 cm³/mol. The summed E-state index contributed by atoms with van der Waals surface area (Å²) < 4.78 is 10.6. The monoisotopic (exact) mass is 541 g/mol. The zero-order valence-corrected chi connectivity index (χ0v) is 23.1. The summed E-state index contributed by atoms with van der Waals surface area (Å²) in [7, 11) is 0. The molecule has 5 aromatic carbocycles. The number of hydrogen-bond donors (Lipinski definition) is 0. The lowest BCUT2D eigenvalue weighted by Crippen LogP contribution is -2.03. The normalized spacial score (nSPS) is 11.5. The molecule has 0 bridgehead atoms. The van der Waals surface area contributed by atoms with Crippen molar-refractivity contribution in [3.05, 3.63) is 152 Å². The zero-order valence-electron chi connectivity index (χ0n) is 23.1. The van der Waals surface area contributed by atoms with Crippen LogP contribution < -0.4 is 0 Å². The molecule has 0 saturated heterocycles. The third kappa shape index (κ3) is 3.96. The average molecular weight is 542 g/mol. The van der Waals surface area contributed by atoms with E-state index in [1.54, 1.807) is 0 Å². The second-order valence-electron chi connectivity index (χ2n) is 10.6. The minimum atomic E-state index is 0.829. The summed E-state index contributed by atoms with van der Waals surface area (Å²) in [6.45, 7) is 2.17. The van der Waals surface area contributed by atoms with E-state index in [-0.39, 0.29) is 0 Å². The lowest BCUT2D eigenvalue weighted by atomic mass is 9.93. The number of furan rings is 1. The van der Waals surface area contributed by atoms with E-state index in [0.29, 0.717) is 0 Å². The first-order chi connectivity index (χ1) is 20.7. The standard InChI is InChI=1S/C38H27N3O/c1-26-22-30(27-12-4-2-5-13-27)37(31(23-26)28-14-6-3-7-15-28)41-35-17-9-8-16-34(35)39-38(41)33-25-42-36-19-18-29(24-32(33)36)40-20-10-11-21-40/h2-25H,1H3. The first-order valence-electron chi connectivity index (χ1n) is 14.1. The van der Waals surface area contributed by atoms with Gasteiger partial charge in [-0.3, -0.25) is 4.57 Å². The molecule has 8 aromatic rings. The molecule has 0 radical (unpaired) electrons. The van der Waals surface area contributed by atoms with Crippen molar-refractivity contribution >= 4 is 22.0 Å². The van der Waals surface area contributed by atoms with Gasteiger partial charge in [0.1, 0.15) is 17.7 Å². The molecule has 0 saturated carbocycles. The first-order valence-corrected chi connectivity index (χ1v) is 14.1. The van der Waals surface area contributed by atoms with Crippen LogP contribution in [-0.2, 0) is 0 Å². The summed E-state index contributed by atoms with van der Waals surface area (Å²) in [5.41, 5.74) is 11.7. The fourth-order valence-electron chi connectivity index (χ4n) is 5.99. The smallest absolute Gasteiger partial charge is 0.149 e. The molecule has 4 nitrogen and oxygen atoms in total. The van der Waals surface area contributed by atoms with Crippen LogP contribution in [0.1, 0.15) is 5.56 Å². The van der Waals surface area contributed by atoms with Crippen LogP contribution >= 0.6 is 0 Å². The van der Waals surface area contributed by atoms with E-state index in [1.165, 1.54) is 5.56 Å². The molecule has 8 rings (SSSR count). The number of aryl methyl sites for hydroxylation is 1. The third-order valence-electron chi connectivity index (χ3n) is 7.91. The molecule has 200 valence electrons. The van der Waals surface area contributed by atoms with Gasteiger partial charge in [-0.2, -0.15) is 0 Å². The van der Waals surface area contributed by atoms with Gasteiger partial charge in [0.25, 0.3) is 0 Å². The molecule has 0 atom stereocenters. The Kier molecular flexibility index (Phi) is 5.64. The van der Waals surface area contributed by atoms with E-state index < -0.39 is 0 Å². The van der Waals surface area contributed by atoms with Crippen LogP contribution in [0.5, 0.6) is 0 Å². The van der Waals surface area contributed by atoms with Gasteiger partial charge in [-0.05, 0) is 78.2 Å². The number of rotatable bonds is 5. The summed E-state index contributed by atoms with van der Waals surface area (Å²) in [4.78, 5) is 5.26. The van der Waals surface area contributed by atoms with Gasteiger partial charge in [-0.15, -0.1) is 0 Å². The van der Waals surface area contributed by atoms with Crippen molar-refractivity contribution in [2.24, 2.45) is 0 Å². The molecule has 4 heteroatoms. The Morgan fingerprint density at radius 3 is 1.95 bits per heavy atom. The summed E-state index contributed by atoms with van der Waals surface area (Å²) in [6.07, 6.45) is 5.96. The summed E-state index contributed by atoms with van der Waals surface area (Å²) in [5.74, 6) is 0.845. The van der Waals surface area contributed by atoms with Crippen molar-refractivity contribution in [3.63, 3.8) is 0 Å². The highest BCUT2D eigenvalue weighted by Crippen LogP contribution is 2.42. The highest BCUT2D eigenvalue weighted by Gasteiger charge is 2.24. The first kappa shape index (κ1) is 24.2. The Hall–Kier alpha value is -5.61. The van der Waals surface area contributed by atoms with Crippen molar-refractivity contribution in [1.29, 1.82) is 0 Å². The van der Waals surface area contributed by atoms with Gasteiger partial charge in [0.2, 0.25) is 0 Å². The molecule has 0 aliphatic carbocycles. The molecular formula is C38H27N3O. The maximum absolute atomic E-state index is 6.15. The Balaban J connectivity index is 1.49. The predicted octanol–water partition coefficient (Wildman–Crippen LogP) is 9.87. The van der Waals surface area contributed by atoms with E-state index in [2.05, 4.69) is 132 Å². The third-order valence-corrected chi connectivity index (χ3v) is 7.91. The van der Waals surface area contributed by atoms with Crippen molar-refractivity contribution in [2.75, 3.05) is 0 Å². The van der Waals surface area contributed by atoms with Gasteiger partial charge in [0.05, 0.1) is 22.3 Å². The van der Waals surface area contributed by atoms with E-state index >= 15 is 0 Å². The van der Waals surface area contributed by atoms with Crippen molar-refractivity contribution in [3.8, 4) is 45.0 Å². The van der Waals surface area contributed by atoms with E-state index in [1.807, 2.05) is 30.5 Å². The molecule has 3 heterocycles. The second-order valence-corrected chi connectivity index (χ2v) is 10.6. The number of nitrogens with zero attached hydrogens (tertiary/aromatic N) is 3. The number of benzene rings is 5. The fraction of sp³-hybridized carbons (Fsp3) is 0.0263. The fourth-order valence-corrected chi connectivity index (χ4v) is 5.99. The summed E-state index contributed by atoms with van der Waals surface area (Å²) >= 11 is 0. The Bertz CT molecular complexity index is 2130. The molecule has 0 fully saturated rings. The minimum absolute atomic E-state index is 0.829. The zero-order chi connectivity index (χ0) is 28.0. The molecule has 3 aromatic heterocycles. The minimum Gasteiger partial charge on any atom is -0.464 e. The highest BCUT2D eigenvalue weighted by atomic mass is 16.3. The maximum atomic E-state index is 6.15. The van der Waals surface area contributed by atoms with Crippen LogP contribution in [-0.4, -0.2) is 14.1 Å². The van der Waals surface area contributed by atoms with Gasteiger partial charge in [0, 0.05) is 34.6 Å². The lowest BCUT2D eigenvalue weighted by Gasteiger charge is -2.20. The number of aromatic nitrogens is 3. The van der Waals surface area contributed by atoms with Crippen LogP contribution in [0.3, 0.4) is 0 Å². The number of hydrogen-bond acceptors (Lipinski definition) is 2. The molecule has 0 unspecified atom stereocenters. The largest absolute Gasteiger partial charge is 0.464 e. The lowest BCUT2D eigenvalue weighted by molar-refractivity contribution is 0.616. The van der Waals surface area contributed by atoms with Crippen molar-refractivity contribution in [1.82, 2.24) is 14.1 Å². The Morgan fingerprint density at radius 1 is 0.619 bits per heavy atom. The second kappa shape index (κ2) is 9.79. The topological polar surface area (TPSA) is 35.9 Å². The van der Waals surface area contributed by atoms with Gasteiger partial charge < -0.3 is 8.98 Å². The Morgan fingerprint density at radius 2 is 1.26 bits per heavy atom. The van der Waals surface area contributed by atoms with Crippen LogP contribution in [0.4, 0.5) is 0 Å². The van der Waals surface area contributed by atoms with Gasteiger partial charge in [0.15, 0.2) is 0 Å². The average Bonchev–Trinajstić information content (AvgIpc) is 3.80. The number of imidazole rings is 1. The summed E-state index contributed by atoms with van der Waals surface area (Å²) in [6, 6.07) is 44.6. The molecule has 0 aliphatic rings. The van der Waals surface area contributed by atoms with Gasteiger partial charge in [-0.25, -0.2) is 4.98 Å². The number of fused-ring (bicyclic) bond motifs is 2. The molecule has 42 heavy (non-hydrogen) atoms. The SMILES string of the molecule is Cc1cc(-c2ccccc2)c(-n2c(-c3coc4ccc(-n5cccc5)cc34)nc3ccccc32)c(-c2ccccc2)c1. The molecule has 0 amide bonds. The highest BCUT2D eigenvalue weighted by molar-refractivity contribution is 5.98. The van der Waals surface area contributed by atoms with E-state index in [4.69, 9.17) is 9.40 Å². The molecular weight excluding hydrogens is 514 g/mol.